The molecule has 2 aliphatic rings. The Balaban J connectivity index is 0.000000180. The van der Waals surface area contributed by atoms with Gasteiger partial charge in [0.1, 0.15) is 0 Å². The molecule has 2 rings (SSSR count). The zero-order chi connectivity index (χ0) is 13.5. The first-order valence-corrected chi connectivity index (χ1v) is 8.12. The summed E-state index contributed by atoms with van der Waals surface area (Å²) in [5, 5.41) is 3.44. The van der Waals surface area contributed by atoms with Crippen molar-refractivity contribution in [1.29, 1.82) is 0 Å². The SMILES string of the molecule is CC1(C)CCCCCC1.CC1(C)CCCCNC1. The van der Waals surface area contributed by atoms with Crippen molar-refractivity contribution in [2.24, 2.45) is 10.8 Å². The van der Waals surface area contributed by atoms with E-state index in [0.29, 0.717) is 10.8 Å². The molecule has 1 heteroatoms. The van der Waals surface area contributed by atoms with Gasteiger partial charge in [-0.25, -0.2) is 0 Å². The van der Waals surface area contributed by atoms with E-state index in [4.69, 9.17) is 0 Å². The third kappa shape index (κ3) is 7.41. The molecule has 0 aromatic carbocycles. The molecule has 1 nitrogen and oxygen atoms in total. The zero-order valence-electron chi connectivity index (χ0n) is 13.3. The van der Waals surface area contributed by atoms with Crippen molar-refractivity contribution in [3.63, 3.8) is 0 Å². The van der Waals surface area contributed by atoms with Crippen molar-refractivity contribution in [2.45, 2.75) is 85.5 Å². The fourth-order valence-corrected chi connectivity index (χ4v) is 3.05. The van der Waals surface area contributed by atoms with Crippen molar-refractivity contribution in [2.75, 3.05) is 13.1 Å². The summed E-state index contributed by atoms with van der Waals surface area (Å²) >= 11 is 0. The molecule has 1 N–H and O–H groups in total. The first-order valence-electron chi connectivity index (χ1n) is 8.12. The fraction of sp³-hybridized carbons (Fsp3) is 1.00. The summed E-state index contributed by atoms with van der Waals surface area (Å²) in [6.45, 7) is 11.9. The minimum Gasteiger partial charge on any atom is -0.316 e. The van der Waals surface area contributed by atoms with E-state index in [1.165, 1.54) is 70.9 Å². The Bertz CT molecular complexity index is 174. The standard InChI is InChI=1S/C9H18.C8H17N/c1-9(2)7-5-3-4-6-8-9;1-8(2)5-3-4-6-9-7-8/h3-8H2,1-2H3;9H,3-7H2,1-2H3. The minimum absolute atomic E-state index is 0.552. The van der Waals surface area contributed by atoms with Gasteiger partial charge < -0.3 is 5.32 Å². The largest absolute Gasteiger partial charge is 0.316 e. The van der Waals surface area contributed by atoms with E-state index in [9.17, 15) is 0 Å². The molecule has 0 bridgehead atoms. The maximum atomic E-state index is 3.44. The summed E-state index contributed by atoms with van der Waals surface area (Å²) in [7, 11) is 0. The summed E-state index contributed by atoms with van der Waals surface area (Å²) in [6, 6.07) is 0. The highest BCUT2D eigenvalue weighted by Crippen LogP contribution is 2.33. The smallest absolute Gasteiger partial charge is 0.000252 e. The minimum atomic E-state index is 0.552. The van der Waals surface area contributed by atoms with Gasteiger partial charge in [-0.15, -0.1) is 0 Å². The molecule has 0 amide bonds. The van der Waals surface area contributed by atoms with Crippen LogP contribution in [0.15, 0.2) is 0 Å². The van der Waals surface area contributed by atoms with Gasteiger partial charge in [0, 0.05) is 6.54 Å². The van der Waals surface area contributed by atoms with Crippen molar-refractivity contribution in [3.8, 4) is 0 Å². The van der Waals surface area contributed by atoms with E-state index in [0.717, 1.165) is 0 Å². The number of rotatable bonds is 0. The van der Waals surface area contributed by atoms with Crippen LogP contribution in [-0.4, -0.2) is 13.1 Å². The maximum absolute atomic E-state index is 3.44. The molecule has 0 spiro atoms. The Hall–Kier alpha value is -0.0400. The number of hydrogen-bond donors (Lipinski definition) is 1. The van der Waals surface area contributed by atoms with Gasteiger partial charge in [0.05, 0.1) is 0 Å². The van der Waals surface area contributed by atoms with Gasteiger partial charge >= 0.3 is 0 Å². The molecule has 18 heavy (non-hydrogen) atoms. The zero-order valence-corrected chi connectivity index (χ0v) is 13.3. The van der Waals surface area contributed by atoms with Gasteiger partial charge in [-0.2, -0.15) is 0 Å². The fourth-order valence-electron chi connectivity index (χ4n) is 3.05. The van der Waals surface area contributed by atoms with Gasteiger partial charge in [-0.05, 0) is 43.1 Å². The Morgan fingerprint density at radius 1 is 0.611 bits per heavy atom. The highest BCUT2D eigenvalue weighted by atomic mass is 14.9. The molecule has 1 aliphatic heterocycles. The molecular formula is C17H35N. The molecule has 0 radical (unpaired) electrons. The molecule has 0 aromatic rings. The van der Waals surface area contributed by atoms with Gasteiger partial charge in [0.25, 0.3) is 0 Å². The summed E-state index contributed by atoms with van der Waals surface area (Å²) in [4.78, 5) is 0. The van der Waals surface area contributed by atoms with Crippen LogP contribution in [0.5, 0.6) is 0 Å². The average Bonchev–Trinajstić information content (AvgIpc) is 2.58. The molecule has 1 heterocycles. The lowest BCUT2D eigenvalue weighted by atomic mass is 9.85. The number of nitrogens with one attached hydrogen (secondary N) is 1. The summed E-state index contributed by atoms with van der Waals surface area (Å²) in [6.07, 6.45) is 12.9. The number of hydrogen-bond acceptors (Lipinski definition) is 1. The van der Waals surface area contributed by atoms with Crippen molar-refractivity contribution in [1.82, 2.24) is 5.32 Å². The van der Waals surface area contributed by atoms with Crippen LogP contribution < -0.4 is 5.32 Å². The highest BCUT2D eigenvalue weighted by Gasteiger charge is 2.19. The third-order valence-electron chi connectivity index (χ3n) is 4.52. The maximum Gasteiger partial charge on any atom is 0.000252 e. The second-order valence-electron chi connectivity index (χ2n) is 7.88. The lowest BCUT2D eigenvalue weighted by Gasteiger charge is -2.21. The molecule has 2 fully saturated rings. The molecule has 1 saturated carbocycles. The van der Waals surface area contributed by atoms with Crippen molar-refractivity contribution in [3.05, 3.63) is 0 Å². The van der Waals surface area contributed by atoms with Crippen LogP contribution in [0, 0.1) is 10.8 Å². The molecule has 0 atom stereocenters. The topological polar surface area (TPSA) is 12.0 Å². The Labute approximate surface area is 115 Å². The molecule has 0 aromatic heterocycles. The van der Waals surface area contributed by atoms with E-state index in [2.05, 4.69) is 33.0 Å². The van der Waals surface area contributed by atoms with Gasteiger partial charge in [-0.3, -0.25) is 0 Å². The summed E-state index contributed by atoms with van der Waals surface area (Å²) in [5.41, 5.74) is 1.22. The normalized spacial score (nSPS) is 27.3. The van der Waals surface area contributed by atoms with E-state index >= 15 is 0 Å². The third-order valence-corrected chi connectivity index (χ3v) is 4.52. The van der Waals surface area contributed by atoms with Crippen LogP contribution in [0.1, 0.15) is 85.5 Å². The van der Waals surface area contributed by atoms with Gasteiger partial charge in [-0.1, -0.05) is 59.8 Å². The van der Waals surface area contributed by atoms with E-state index in [1.54, 1.807) is 0 Å². The first kappa shape index (κ1) is 16.0. The van der Waals surface area contributed by atoms with E-state index in [-0.39, 0.29) is 0 Å². The molecule has 1 aliphatic carbocycles. The van der Waals surface area contributed by atoms with Crippen LogP contribution in [0.3, 0.4) is 0 Å². The van der Waals surface area contributed by atoms with Gasteiger partial charge in [0.2, 0.25) is 0 Å². The quantitative estimate of drug-likeness (QED) is 0.588. The van der Waals surface area contributed by atoms with Crippen LogP contribution in [-0.2, 0) is 0 Å². The predicted molar refractivity (Wildman–Crippen MR) is 82.0 cm³/mol. The molecule has 108 valence electrons. The van der Waals surface area contributed by atoms with Crippen molar-refractivity contribution < 1.29 is 0 Å². The van der Waals surface area contributed by atoms with Crippen LogP contribution in [0.2, 0.25) is 0 Å². The second-order valence-corrected chi connectivity index (χ2v) is 7.88. The van der Waals surface area contributed by atoms with Crippen LogP contribution in [0.25, 0.3) is 0 Å². The van der Waals surface area contributed by atoms with Crippen LogP contribution in [0.4, 0.5) is 0 Å². The lowest BCUT2D eigenvalue weighted by Crippen LogP contribution is -2.26. The highest BCUT2D eigenvalue weighted by molar-refractivity contribution is 4.74. The summed E-state index contributed by atoms with van der Waals surface area (Å²) < 4.78 is 0. The molecule has 1 saturated heterocycles. The Kier molecular flexibility index (Phi) is 6.70. The second kappa shape index (κ2) is 7.53. The molecule has 0 unspecified atom stereocenters. The van der Waals surface area contributed by atoms with E-state index in [1.807, 2.05) is 0 Å². The summed E-state index contributed by atoms with van der Waals surface area (Å²) in [5.74, 6) is 0. The Morgan fingerprint density at radius 2 is 1.11 bits per heavy atom. The predicted octanol–water partition coefficient (Wildman–Crippen LogP) is 5.15. The van der Waals surface area contributed by atoms with E-state index < -0.39 is 0 Å². The monoisotopic (exact) mass is 253 g/mol. The first-order chi connectivity index (χ1) is 8.41. The van der Waals surface area contributed by atoms with Crippen LogP contribution >= 0.6 is 0 Å². The average molecular weight is 253 g/mol. The van der Waals surface area contributed by atoms with Crippen molar-refractivity contribution >= 4 is 0 Å². The molecular weight excluding hydrogens is 218 g/mol. The van der Waals surface area contributed by atoms with Gasteiger partial charge in [0.15, 0.2) is 0 Å². The Morgan fingerprint density at radius 3 is 1.72 bits per heavy atom. The lowest BCUT2D eigenvalue weighted by molar-refractivity contribution is 0.314.